The van der Waals surface area contributed by atoms with Gasteiger partial charge >= 0.3 is 0 Å². The van der Waals surface area contributed by atoms with Gasteiger partial charge in [-0.1, -0.05) is 41.9 Å². The van der Waals surface area contributed by atoms with Crippen LogP contribution >= 0.6 is 11.6 Å². The Morgan fingerprint density at radius 1 is 1.00 bits per heavy atom. The number of benzene rings is 2. The quantitative estimate of drug-likeness (QED) is 0.757. The number of rotatable bonds is 4. The molecule has 0 bridgehead atoms. The Labute approximate surface area is 158 Å². The summed E-state index contributed by atoms with van der Waals surface area (Å²) in [5.74, 6) is 0. The Morgan fingerprint density at radius 3 is 2.38 bits per heavy atom. The minimum Gasteiger partial charge on any atom is -0.385 e. The summed E-state index contributed by atoms with van der Waals surface area (Å²) in [4.78, 5) is 2.38. The van der Waals surface area contributed by atoms with E-state index in [-0.39, 0.29) is 0 Å². The zero-order valence-electron chi connectivity index (χ0n) is 14.6. The number of likely N-dealkylation sites (tertiary alicyclic amines) is 1. The fourth-order valence-corrected chi connectivity index (χ4v) is 3.68. The summed E-state index contributed by atoms with van der Waals surface area (Å²) in [6.07, 6.45) is 5.47. The first-order valence-electron chi connectivity index (χ1n) is 8.92. The molecule has 1 N–H and O–H groups in total. The second kappa shape index (κ2) is 7.23. The van der Waals surface area contributed by atoms with Crippen LogP contribution < -0.4 is 0 Å². The first-order valence-corrected chi connectivity index (χ1v) is 9.30. The molecule has 3 aromatic rings. The van der Waals surface area contributed by atoms with E-state index in [4.69, 9.17) is 11.6 Å². The molecule has 1 aliphatic rings. The van der Waals surface area contributed by atoms with E-state index in [1.807, 2.05) is 65.5 Å². The zero-order valence-corrected chi connectivity index (χ0v) is 15.3. The van der Waals surface area contributed by atoms with Crippen LogP contribution in [0.5, 0.6) is 0 Å². The molecule has 26 heavy (non-hydrogen) atoms. The molecule has 0 amide bonds. The van der Waals surface area contributed by atoms with E-state index in [0.29, 0.717) is 0 Å². The van der Waals surface area contributed by atoms with Crippen molar-refractivity contribution in [2.75, 3.05) is 13.1 Å². The lowest BCUT2D eigenvalue weighted by molar-refractivity contribution is -0.0277. The van der Waals surface area contributed by atoms with E-state index >= 15 is 0 Å². The second-order valence-corrected chi connectivity index (χ2v) is 7.38. The van der Waals surface area contributed by atoms with E-state index in [9.17, 15) is 5.11 Å². The highest BCUT2D eigenvalue weighted by Gasteiger charge is 2.33. The van der Waals surface area contributed by atoms with Crippen LogP contribution in [0.15, 0.2) is 67.0 Å². The zero-order chi connectivity index (χ0) is 18.0. The third-order valence-corrected chi connectivity index (χ3v) is 5.38. The fourth-order valence-electron chi connectivity index (χ4n) is 3.55. The van der Waals surface area contributed by atoms with Crippen molar-refractivity contribution in [2.45, 2.75) is 25.0 Å². The van der Waals surface area contributed by atoms with Crippen LogP contribution in [0.25, 0.3) is 5.69 Å². The third kappa shape index (κ3) is 3.68. The van der Waals surface area contributed by atoms with E-state index in [1.54, 1.807) is 0 Å². The van der Waals surface area contributed by atoms with Crippen molar-refractivity contribution in [2.24, 2.45) is 0 Å². The van der Waals surface area contributed by atoms with E-state index < -0.39 is 5.60 Å². The van der Waals surface area contributed by atoms with Crippen LogP contribution in [0.4, 0.5) is 0 Å². The van der Waals surface area contributed by atoms with Gasteiger partial charge in [0.25, 0.3) is 0 Å². The van der Waals surface area contributed by atoms with Gasteiger partial charge in [0.2, 0.25) is 0 Å². The Morgan fingerprint density at radius 2 is 1.69 bits per heavy atom. The molecule has 0 atom stereocenters. The Balaban J connectivity index is 1.38. The number of aromatic nitrogens is 2. The molecule has 4 rings (SSSR count). The summed E-state index contributed by atoms with van der Waals surface area (Å²) in [5, 5.41) is 16.1. The minimum atomic E-state index is -0.703. The maximum Gasteiger partial charge on any atom is 0.0920 e. The van der Waals surface area contributed by atoms with E-state index in [0.717, 1.165) is 48.7 Å². The van der Waals surface area contributed by atoms with Crippen molar-refractivity contribution < 1.29 is 5.11 Å². The van der Waals surface area contributed by atoms with Crippen LogP contribution in [0.3, 0.4) is 0 Å². The molecule has 0 radical (unpaired) electrons. The predicted molar refractivity (Wildman–Crippen MR) is 103 cm³/mol. The van der Waals surface area contributed by atoms with Crippen molar-refractivity contribution in [3.8, 4) is 5.69 Å². The molecule has 0 spiro atoms. The molecule has 1 fully saturated rings. The van der Waals surface area contributed by atoms with Gasteiger partial charge in [-0.25, -0.2) is 4.68 Å². The van der Waals surface area contributed by atoms with Gasteiger partial charge in [0.15, 0.2) is 0 Å². The molecule has 5 heteroatoms. The largest absolute Gasteiger partial charge is 0.385 e. The van der Waals surface area contributed by atoms with Gasteiger partial charge in [-0.05, 0) is 42.7 Å². The van der Waals surface area contributed by atoms with Crippen LogP contribution in [0, 0.1) is 0 Å². The van der Waals surface area contributed by atoms with Crippen molar-refractivity contribution in [3.05, 3.63) is 83.1 Å². The maximum atomic E-state index is 10.9. The molecule has 134 valence electrons. The highest BCUT2D eigenvalue weighted by atomic mass is 35.5. The normalized spacial score (nSPS) is 17.3. The number of aliphatic hydroxyl groups is 1. The summed E-state index contributed by atoms with van der Waals surface area (Å²) in [7, 11) is 0. The minimum absolute atomic E-state index is 0.703. The number of halogens is 1. The smallest absolute Gasteiger partial charge is 0.0920 e. The lowest BCUT2D eigenvalue weighted by atomic mass is 9.84. The van der Waals surface area contributed by atoms with Gasteiger partial charge in [0.1, 0.15) is 0 Å². The summed E-state index contributed by atoms with van der Waals surface area (Å²) in [6.45, 7) is 2.59. The van der Waals surface area contributed by atoms with E-state index in [2.05, 4.69) is 16.2 Å². The number of nitrogens with zero attached hydrogens (tertiary/aromatic N) is 3. The molecule has 2 aromatic carbocycles. The highest BCUT2D eigenvalue weighted by molar-refractivity contribution is 6.30. The van der Waals surface area contributed by atoms with Crippen molar-refractivity contribution in [3.63, 3.8) is 0 Å². The van der Waals surface area contributed by atoms with Gasteiger partial charge < -0.3 is 5.11 Å². The first-order chi connectivity index (χ1) is 12.6. The van der Waals surface area contributed by atoms with E-state index in [1.165, 1.54) is 5.56 Å². The Bertz CT molecular complexity index is 852. The molecule has 0 aliphatic carbocycles. The standard InChI is InChI=1S/C21H22ClN3O/c22-19-6-8-20(9-7-19)25-16-17(14-23-25)15-24-12-10-21(26,11-13-24)18-4-2-1-3-5-18/h1-9,14,16,26H,10-13,15H2. The number of piperidine rings is 1. The van der Waals surface area contributed by atoms with Gasteiger partial charge in [0.05, 0.1) is 17.5 Å². The third-order valence-electron chi connectivity index (χ3n) is 5.13. The average Bonchev–Trinajstić information content (AvgIpc) is 3.14. The molecule has 4 nitrogen and oxygen atoms in total. The van der Waals surface area contributed by atoms with Gasteiger partial charge in [-0.15, -0.1) is 0 Å². The molecular weight excluding hydrogens is 346 g/mol. The summed E-state index contributed by atoms with van der Waals surface area (Å²) >= 11 is 5.94. The predicted octanol–water partition coefficient (Wildman–Crippen LogP) is 4.01. The van der Waals surface area contributed by atoms with Crippen molar-refractivity contribution in [1.29, 1.82) is 0 Å². The summed E-state index contributed by atoms with van der Waals surface area (Å²) < 4.78 is 1.87. The summed E-state index contributed by atoms with van der Waals surface area (Å²) in [6, 6.07) is 17.7. The molecule has 0 unspecified atom stereocenters. The van der Waals surface area contributed by atoms with Gasteiger partial charge in [-0.2, -0.15) is 5.10 Å². The lowest BCUT2D eigenvalue weighted by Gasteiger charge is -2.38. The summed E-state index contributed by atoms with van der Waals surface area (Å²) in [5.41, 5.74) is 2.49. The number of hydrogen-bond donors (Lipinski definition) is 1. The Kier molecular flexibility index (Phi) is 4.81. The maximum absolute atomic E-state index is 10.9. The molecule has 2 heterocycles. The molecular formula is C21H22ClN3O. The van der Waals surface area contributed by atoms with Crippen LogP contribution in [0.2, 0.25) is 5.02 Å². The van der Waals surface area contributed by atoms with Gasteiger partial charge in [0, 0.05) is 36.4 Å². The lowest BCUT2D eigenvalue weighted by Crippen LogP contribution is -2.42. The topological polar surface area (TPSA) is 41.3 Å². The second-order valence-electron chi connectivity index (χ2n) is 6.94. The fraction of sp³-hybridized carbons (Fsp3) is 0.286. The Hall–Kier alpha value is -2.14. The molecule has 1 aromatic heterocycles. The van der Waals surface area contributed by atoms with Gasteiger partial charge in [-0.3, -0.25) is 4.90 Å². The highest BCUT2D eigenvalue weighted by Crippen LogP contribution is 2.33. The first kappa shape index (κ1) is 17.3. The van der Waals surface area contributed by atoms with Crippen LogP contribution in [0.1, 0.15) is 24.0 Å². The van der Waals surface area contributed by atoms with Crippen LogP contribution in [-0.4, -0.2) is 32.9 Å². The monoisotopic (exact) mass is 367 g/mol. The average molecular weight is 368 g/mol. The van der Waals surface area contributed by atoms with Crippen molar-refractivity contribution in [1.82, 2.24) is 14.7 Å². The SMILES string of the molecule is OC1(c2ccccc2)CCN(Cc2cnn(-c3ccc(Cl)cc3)c2)CC1. The molecule has 1 aliphatic heterocycles. The molecule has 0 saturated carbocycles. The molecule has 1 saturated heterocycles. The van der Waals surface area contributed by atoms with Crippen molar-refractivity contribution >= 4 is 11.6 Å². The number of hydrogen-bond acceptors (Lipinski definition) is 3. The van der Waals surface area contributed by atoms with Crippen LogP contribution in [-0.2, 0) is 12.1 Å².